The molecule has 1 fully saturated rings. The number of nitrogens with zero attached hydrogens (tertiary/aromatic N) is 2. The van der Waals surface area contributed by atoms with Crippen molar-refractivity contribution in [2.45, 2.75) is 25.7 Å². The number of aromatic amines is 1. The zero-order valence-corrected chi connectivity index (χ0v) is 20.2. The van der Waals surface area contributed by atoms with Crippen molar-refractivity contribution in [2.24, 2.45) is 0 Å². The Morgan fingerprint density at radius 2 is 1.69 bits per heavy atom. The van der Waals surface area contributed by atoms with Crippen molar-refractivity contribution in [3.63, 3.8) is 0 Å². The van der Waals surface area contributed by atoms with Crippen LogP contribution in [0, 0.1) is 0 Å². The van der Waals surface area contributed by atoms with Crippen molar-refractivity contribution in [3.8, 4) is 0 Å². The van der Waals surface area contributed by atoms with E-state index in [1.54, 1.807) is 18.2 Å². The van der Waals surface area contributed by atoms with Gasteiger partial charge < -0.3 is 10.2 Å². The van der Waals surface area contributed by atoms with Crippen LogP contribution < -0.4 is 5.32 Å². The summed E-state index contributed by atoms with van der Waals surface area (Å²) in [5, 5.41) is 11.3. The van der Waals surface area contributed by atoms with Crippen LogP contribution in [0.1, 0.15) is 52.9 Å². The van der Waals surface area contributed by atoms with Crippen LogP contribution in [-0.2, 0) is 4.79 Å². The molecule has 1 aromatic heterocycles. The summed E-state index contributed by atoms with van der Waals surface area (Å²) in [6.07, 6.45) is 8.14. The average Bonchev–Trinajstić information content (AvgIpc) is 3.34. The van der Waals surface area contributed by atoms with E-state index in [-0.39, 0.29) is 11.7 Å². The summed E-state index contributed by atoms with van der Waals surface area (Å²) in [5.41, 5.74) is 4.46. The van der Waals surface area contributed by atoms with Gasteiger partial charge >= 0.3 is 0 Å². The molecule has 3 aromatic carbocycles. The maximum atomic E-state index is 13.2. The monoisotopic (exact) mass is 478 g/mol. The van der Waals surface area contributed by atoms with E-state index < -0.39 is 0 Å². The fraction of sp³-hybridized carbons (Fsp3) is 0.233. The molecule has 36 heavy (non-hydrogen) atoms. The summed E-state index contributed by atoms with van der Waals surface area (Å²) in [4.78, 5) is 28.0. The Morgan fingerprint density at radius 1 is 0.889 bits per heavy atom. The molecule has 2 heterocycles. The lowest BCUT2D eigenvalue weighted by Gasteiger charge is -2.25. The van der Waals surface area contributed by atoms with E-state index in [1.165, 1.54) is 19.3 Å². The molecule has 182 valence electrons. The SMILES string of the molecule is O=C(CCN1CCCCC1)Nc1cccc(C(=O)c2ccc3c(/C=C/c4ccccc4)n[nH]c3c2)c1. The topological polar surface area (TPSA) is 78.1 Å². The molecule has 1 aliphatic heterocycles. The number of fused-ring (bicyclic) bond motifs is 1. The Bertz CT molecular complexity index is 1380. The first-order chi connectivity index (χ1) is 17.7. The Kier molecular flexibility index (Phi) is 7.33. The van der Waals surface area contributed by atoms with E-state index in [9.17, 15) is 9.59 Å². The quantitative estimate of drug-likeness (QED) is 0.315. The predicted octanol–water partition coefficient (Wildman–Crippen LogP) is 5.78. The van der Waals surface area contributed by atoms with Gasteiger partial charge in [0.15, 0.2) is 5.78 Å². The third-order valence-electron chi connectivity index (χ3n) is 6.60. The summed E-state index contributed by atoms with van der Waals surface area (Å²) in [6.45, 7) is 2.92. The van der Waals surface area contributed by atoms with E-state index in [4.69, 9.17) is 0 Å². The standard InChI is InChI=1S/C30H30N4O2/c35-29(16-19-34-17-5-2-6-18-34)31-25-11-7-10-23(20-25)30(36)24-13-14-26-27(32-33-28(26)21-24)15-12-22-8-3-1-4-9-22/h1,3-4,7-15,20-21H,2,5-6,16-19H2,(H,31,35)(H,32,33)/b15-12+. The van der Waals surface area contributed by atoms with Gasteiger partial charge in [-0.3, -0.25) is 14.7 Å². The Morgan fingerprint density at radius 3 is 2.53 bits per heavy atom. The highest BCUT2D eigenvalue weighted by molar-refractivity contribution is 6.11. The average molecular weight is 479 g/mol. The van der Waals surface area contributed by atoms with Crippen molar-refractivity contribution in [1.82, 2.24) is 15.1 Å². The van der Waals surface area contributed by atoms with Crippen molar-refractivity contribution < 1.29 is 9.59 Å². The van der Waals surface area contributed by atoms with Crippen molar-refractivity contribution >= 4 is 40.4 Å². The molecule has 5 rings (SSSR count). The number of H-pyrrole nitrogens is 1. The van der Waals surface area contributed by atoms with Crippen LogP contribution in [0.4, 0.5) is 5.69 Å². The molecule has 1 amide bonds. The highest BCUT2D eigenvalue weighted by Gasteiger charge is 2.14. The number of amides is 1. The molecule has 0 unspecified atom stereocenters. The van der Waals surface area contributed by atoms with Gasteiger partial charge in [0, 0.05) is 35.2 Å². The molecule has 6 nitrogen and oxygen atoms in total. The zero-order chi connectivity index (χ0) is 24.7. The number of ketones is 1. The van der Waals surface area contributed by atoms with Gasteiger partial charge in [0.1, 0.15) is 0 Å². The highest BCUT2D eigenvalue weighted by atomic mass is 16.1. The fourth-order valence-electron chi connectivity index (χ4n) is 4.62. The van der Waals surface area contributed by atoms with E-state index in [0.717, 1.165) is 41.8 Å². The lowest BCUT2D eigenvalue weighted by atomic mass is 10.0. The molecule has 0 aliphatic carbocycles. The summed E-state index contributed by atoms with van der Waals surface area (Å²) < 4.78 is 0. The first-order valence-electron chi connectivity index (χ1n) is 12.5. The summed E-state index contributed by atoms with van der Waals surface area (Å²) >= 11 is 0. The van der Waals surface area contributed by atoms with Crippen LogP contribution in [0.5, 0.6) is 0 Å². The van der Waals surface area contributed by atoms with Gasteiger partial charge in [-0.25, -0.2) is 0 Å². The first kappa shape index (κ1) is 23.7. The maximum absolute atomic E-state index is 13.2. The number of benzene rings is 3. The Labute approximate surface area is 211 Å². The molecule has 1 saturated heterocycles. The number of nitrogens with one attached hydrogen (secondary N) is 2. The number of piperidine rings is 1. The summed E-state index contributed by atoms with van der Waals surface area (Å²) in [6, 6.07) is 22.8. The van der Waals surface area contributed by atoms with Gasteiger partial charge in [0.05, 0.1) is 11.2 Å². The Hall–Kier alpha value is -4.03. The molecular formula is C30H30N4O2. The van der Waals surface area contributed by atoms with Gasteiger partial charge in [-0.1, -0.05) is 61.0 Å². The van der Waals surface area contributed by atoms with Gasteiger partial charge in [-0.15, -0.1) is 0 Å². The molecule has 0 atom stereocenters. The van der Waals surface area contributed by atoms with E-state index >= 15 is 0 Å². The normalized spacial score (nSPS) is 14.3. The molecule has 0 spiro atoms. The van der Waals surface area contributed by atoms with Gasteiger partial charge in [0.2, 0.25) is 5.91 Å². The highest BCUT2D eigenvalue weighted by Crippen LogP contribution is 2.22. The summed E-state index contributed by atoms with van der Waals surface area (Å²) in [5.74, 6) is -0.127. The molecule has 1 aliphatic rings. The molecule has 0 bridgehead atoms. The van der Waals surface area contributed by atoms with Crippen LogP contribution in [0.25, 0.3) is 23.1 Å². The number of carbonyl (C=O) groups excluding carboxylic acids is 2. The molecular weight excluding hydrogens is 448 g/mol. The second-order valence-electron chi connectivity index (χ2n) is 9.22. The van der Waals surface area contributed by atoms with Crippen molar-refractivity contribution in [3.05, 3.63) is 95.2 Å². The minimum absolute atomic E-state index is 0.0276. The largest absolute Gasteiger partial charge is 0.326 e. The predicted molar refractivity (Wildman–Crippen MR) is 145 cm³/mol. The van der Waals surface area contributed by atoms with Gasteiger partial charge in [0.25, 0.3) is 0 Å². The molecule has 6 heteroatoms. The molecule has 2 N–H and O–H groups in total. The third kappa shape index (κ3) is 5.78. The molecule has 0 saturated carbocycles. The van der Waals surface area contributed by atoms with Crippen LogP contribution in [0.3, 0.4) is 0 Å². The van der Waals surface area contributed by atoms with E-state index in [0.29, 0.717) is 23.2 Å². The summed E-state index contributed by atoms with van der Waals surface area (Å²) in [7, 11) is 0. The minimum atomic E-state index is -0.0997. The van der Waals surface area contributed by atoms with Crippen LogP contribution in [-0.4, -0.2) is 46.4 Å². The number of rotatable bonds is 8. The smallest absolute Gasteiger partial charge is 0.225 e. The van der Waals surface area contributed by atoms with E-state index in [2.05, 4.69) is 20.4 Å². The number of hydrogen-bond acceptors (Lipinski definition) is 4. The lowest BCUT2D eigenvalue weighted by Crippen LogP contribution is -2.32. The van der Waals surface area contributed by atoms with Crippen molar-refractivity contribution in [2.75, 3.05) is 25.0 Å². The number of likely N-dealkylation sites (tertiary alicyclic amines) is 1. The van der Waals surface area contributed by atoms with Crippen LogP contribution >= 0.6 is 0 Å². The third-order valence-corrected chi connectivity index (χ3v) is 6.60. The molecule has 4 aromatic rings. The van der Waals surface area contributed by atoms with Crippen LogP contribution in [0.2, 0.25) is 0 Å². The number of carbonyl (C=O) groups is 2. The lowest BCUT2D eigenvalue weighted by molar-refractivity contribution is -0.116. The van der Waals surface area contributed by atoms with Crippen LogP contribution in [0.15, 0.2) is 72.8 Å². The molecule has 0 radical (unpaired) electrons. The van der Waals surface area contributed by atoms with Gasteiger partial charge in [-0.2, -0.15) is 5.10 Å². The van der Waals surface area contributed by atoms with E-state index in [1.807, 2.05) is 66.7 Å². The second-order valence-corrected chi connectivity index (χ2v) is 9.22. The number of anilines is 1. The zero-order valence-electron chi connectivity index (χ0n) is 20.2. The Balaban J connectivity index is 1.25. The second kappa shape index (κ2) is 11.1. The minimum Gasteiger partial charge on any atom is -0.326 e. The fourth-order valence-corrected chi connectivity index (χ4v) is 4.62. The van der Waals surface area contributed by atoms with Gasteiger partial charge in [-0.05, 0) is 61.8 Å². The van der Waals surface area contributed by atoms with Crippen molar-refractivity contribution in [1.29, 1.82) is 0 Å². The first-order valence-corrected chi connectivity index (χ1v) is 12.5. The number of hydrogen-bond donors (Lipinski definition) is 2. The maximum Gasteiger partial charge on any atom is 0.225 e. The number of aromatic nitrogens is 2.